The first-order chi connectivity index (χ1) is 9.77. The molecule has 0 aromatic rings. The van der Waals surface area contributed by atoms with Gasteiger partial charge in [-0.05, 0) is 19.1 Å². The smallest absolute Gasteiger partial charge is 0.415 e. The summed E-state index contributed by atoms with van der Waals surface area (Å²) in [4.78, 5) is 11.9. The lowest BCUT2D eigenvalue weighted by atomic mass is 9.90. The van der Waals surface area contributed by atoms with Gasteiger partial charge in [-0.25, -0.2) is 0 Å². The molecule has 0 heterocycles. The first kappa shape index (κ1) is 16.6. The zero-order valence-electron chi connectivity index (χ0n) is 11.1. The van der Waals surface area contributed by atoms with Gasteiger partial charge in [0.05, 0.1) is 0 Å². The van der Waals surface area contributed by atoms with Gasteiger partial charge in [0, 0.05) is 6.42 Å². The summed E-state index contributed by atoms with van der Waals surface area (Å²) in [5.41, 5.74) is -3.36. The fraction of sp³-hybridized carbons (Fsp3) is 0.286. The average Bonchev–Trinajstić information content (AvgIpc) is 2.39. The summed E-state index contributed by atoms with van der Waals surface area (Å²) in [5.74, 6) is -1.98. The molecule has 21 heavy (non-hydrogen) atoms. The Kier molecular flexibility index (Phi) is 4.97. The second-order valence-corrected chi connectivity index (χ2v) is 4.29. The highest BCUT2D eigenvalue weighted by Crippen LogP contribution is 2.36. The Hall–Kier alpha value is -2.49. The minimum Gasteiger partial charge on any atom is -0.506 e. The highest BCUT2D eigenvalue weighted by Gasteiger charge is 2.54. The second kappa shape index (κ2) is 6.31. The molecule has 0 spiro atoms. The molecular formula is C14H13F3N2O2. The van der Waals surface area contributed by atoms with Crippen molar-refractivity contribution in [3.8, 4) is 6.07 Å². The Balaban J connectivity index is 3.15. The molecule has 112 valence electrons. The predicted octanol–water partition coefficient (Wildman–Crippen LogP) is 2.83. The molecular weight excluding hydrogens is 285 g/mol. The summed E-state index contributed by atoms with van der Waals surface area (Å²) in [6.45, 7) is 1.52. The maximum absolute atomic E-state index is 13.2. The number of hydrogen-bond acceptors (Lipinski definition) is 3. The van der Waals surface area contributed by atoms with Gasteiger partial charge < -0.3 is 10.4 Å². The van der Waals surface area contributed by atoms with Crippen molar-refractivity contribution in [2.24, 2.45) is 0 Å². The van der Waals surface area contributed by atoms with Gasteiger partial charge in [-0.1, -0.05) is 24.3 Å². The lowest BCUT2D eigenvalue weighted by Crippen LogP contribution is -2.58. The molecule has 0 aliphatic heterocycles. The van der Waals surface area contributed by atoms with Crippen molar-refractivity contribution in [3.63, 3.8) is 0 Å². The largest absolute Gasteiger partial charge is 0.506 e. The number of carbonyl (C=O) groups is 1. The summed E-state index contributed by atoms with van der Waals surface area (Å²) < 4.78 is 39.6. The van der Waals surface area contributed by atoms with Crippen LogP contribution in [0.2, 0.25) is 0 Å². The van der Waals surface area contributed by atoms with E-state index in [1.165, 1.54) is 37.3 Å². The maximum atomic E-state index is 13.2. The lowest BCUT2D eigenvalue weighted by Gasteiger charge is -2.34. The molecule has 1 unspecified atom stereocenters. The number of halogens is 3. The number of hydrogen-bond donors (Lipinski definition) is 2. The van der Waals surface area contributed by atoms with E-state index >= 15 is 0 Å². The number of allylic oxidation sites excluding steroid dienone is 4. The van der Waals surface area contributed by atoms with Crippen molar-refractivity contribution < 1.29 is 23.1 Å². The number of nitrogens with zero attached hydrogens (tertiary/aromatic N) is 1. The van der Waals surface area contributed by atoms with Gasteiger partial charge in [0.1, 0.15) is 11.8 Å². The predicted molar refractivity (Wildman–Crippen MR) is 69.9 cm³/mol. The molecule has 0 fully saturated rings. The Labute approximate surface area is 119 Å². The van der Waals surface area contributed by atoms with Crippen LogP contribution in [-0.4, -0.2) is 22.7 Å². The van der Waals surface area contributed by atoms with E-state index in [0.717, 1.165) is 12.2 Å². The van der Waals surface area contributed by atoms with E-state index in [9.17, 15) is 23.1 Å². The highest BCUT2D eigenvalue weighted by atomic mass is 19.4. The Morgan fingerprint density at radius 2 is 2.14 bits per heavy atom. The van der Waals surface area contributed by atoms with Gasteiger partial charge in [-0.3, -0.25) is 4.79 Å². The monoisotopic (exact) mass is 298 g/mol. The number of nitrogens with one attached hydrogen (secondary N) is 1. The van der Waals surface area contributed by atoms with Crippen LogP contribution in [0.25, 0.3) is 0 Å². The summed E-state index contributed by atoms with van der Waals surface area (Å²) in [5, 5.41) is 20.1. The number of carbonyl (C=O) groups excluding carboxylic acids is 1. The number of rotatable bonds is 3. The number of nitriles is 1. The van der Waals surface area contributed by atoms with E-state index in [0.29, 0.717) is 0 Å². The van der Waals surface area contributed by atoms with E-state index in [1.54, 1.807) is 5.32 Å². The summed E-state index contributed by atoms with van der Waals surface area (Å²) >= 11 is 0. The topological polar surface area (TPSA) is 73.1 Å². The number of aliphatic hydroxyl groups excluding tert-OH is 1. The first-order valence-electron chi connectivity index (χ1n) is 5.97. The van der Waals surface area contributed by atoms with Crippen LogP contribution in [0.1, 0.15) is 13.3 Å². The van der Waals surface area contributed by atoms with Crippen LogP contribution in [0.15, 0.2) is 47.8 Å². The summed E-state index contributed by atoms with van der Waals surface area (Å²) in [6.07, 6.45) is 1.84. The van der Waals surface area contributed by atoms with Gasteiger partial charge in [0.25, 0.3) is 5.91 Å². The van der Waals surface area contributed by atoms with Crippen LogP contribution >= 0.6 is 0 Å². The normalized spacial score (nSPS) is 22.8. The number of aliphatic hydroxyl groups is 1. The van der Waals surface area contributed by atoms with Crippen LogP contribution in [-0.2, 0) is 4.79 Å². The molecule has 2 N–H and O–H groups in total. The second-order valence-electron chi connectivity index (χ2n) is 4.29. The Morgan fingerprint density at radius 3 is 2.57 bits per heavy atom. The van der Waals surface area contributed by atoms with Gasteiger partial charge in [0.2, 0.25) is 0 Å². The fourth-order valence-corrected chi connectivity index (χ4v) is 1.72. The fourth-order valence-electron chi connectivity index (χ4n) is 1.72. The molecule has 1 aliphatic carbocycles. The molecule has 1 rings (SSSR count). The van der Waals surface area contributed by atoms with Crippen LogP contribution < -0.4 is 5.32 Å². The molecule has 1 amide bonds. The summed E-state index contributed by atoms with van der Waals surface area (Å²) in [6, 6.07) is 1.40. The van der Waals surface area contributed by atoms with Gasteiger partial charge in [0.15, 0.2) is 11.1 Å². The molecule has 0 bridgehead atoms. The van der Waals surface area contributed by atoms with Crippen molar-refractivity contribution >= 4 is 5.91 Å². The molecule has 7 heteroatoms. The third-order valence-electron chi connectivity index (χ3n) is 2.83. The van der Waals surface area contributed by atoms with Crippen molar-refractivity contribution in [2.45, 2.75) is 25.1 Å². The molecule has 1 aliphatic rings. The van der Waals surface area contributed by atoms with Gasteiger partial charge in [-0.2, -0.15) is 18.4 Å². The van der Waals surface area contributed by atoms with Gasteiger partial charge in [-0.15, -0.1) is 0 Å². The van der Waals surface area contributed by atoms with E-state index in [2.05, 4.69) is 0 Å². The molecule has 0 radical (unpaired) electrons. The van der Waals surface area contributed by atoms with E-state index in [-0.39, 0.29) is 0 Å². The Morgan fingerprint density at radius 1 is 1.48 bits per heavy atom. The van der Waals surface area contributed by atoms with Crippen LogP contribution in [0.3, 0.4) is 0 Å². The third kappa shape index (κ3) is 3.54. The van der Waals surface area contributed by atoms with Crippen molar-refractivity contribution in [1.29, 1.82) is 5.26 Å². The number of amides is 1. The van der Waals surface area contributed by atoms with Crippen LogP contribution in [0, 0.1) is 11.3 Å². The molecule has 1 atom stereocenters. The molecule has 0 aromatic heterocycles. The molecule has 0 saturated heterocycles. The van der Waals surface area contributed by atoms with E-state index < -0.39 is 35.4 Å². The maximum Gasteiger partial charge on any atom is 0.415 e. The minimum atomic E-state index is -4.74. The average molecular weight is 298 g/mol. The lowest BCUT2D eigenvalue weighted by molar-refractivity contribution is -0.183. The Bertz CT molecular complexity index is 580. The van der Waals surface area contributed by atoms with Crippen molar-refractivity contribution in [2.75, 3.05) is 0 Å². The molecule has 0 aromatic carbocycles. The van der Waals surface area contributed by atoms with Gasteiger partial charge >= 0.3 is 6.18 Å². The zero-order valence-corrected chi connectivity index (χ0v) is 11.1. The highest BCUT2D eigenvalue weighted by molar-refractivity contribution is 5.98. The standard InChI is InChI=1S/C14H13F3N2O2/c1-2-6-11(20)10(9-18)12(21)19-13(14(15,16)17)7-4-3-5-8-13/h2-7,20H,8H2,1H3,(H,19,21). The number of alkyl halides is 3. The van der Waals surface area contributed by atoms with E-state index in [1.807, 2.05) is 0 Å². The van der Waals surface area contributed by atoms with Crippen molar-refractivity contribution in [1.82, 2.24) is 5.32 Å². The third-order valence-corrected chi connectivity index (χ3v) is 2.83. The first-order valence-corrected chi connectivity index (χ1v) is 5.97. The van der Waals surface area contributed by atoms with Crippen LogP contribution in [0.4, 0.5) is 13.2 Å². The SMILES string of the molecule is CC=CC(O)=C(C#N)C(=O)NC1(C(F)(F)F)C=CC=CC1. The van der Waals surface area contributed by atoms with Crippen molar-refractivity contribution in [3.05, 3.63) is 47.8 Å². The zero-order chi connectivity index (χ0) is 16.1. The minimum absolute atomic E-state index is 0.484. The van der Waals surface area contributed by atoms with E-state index in [4.69, 9.17) is 5.26 Å². The van der Waals surface area contributed by atoms with Crippen LogP contribution in [0.5, 0.6) is 0 Å². The quantitative estimate of drug-likeness (QED) is 0.364. The summed E-state index contributed by atoms with van der Waals surface area (Å²) in [7, 11) is 0. The molecule has 4 nitrogen and oxygen atoms in total. The molecule has 0 saturated carbocycles.